The van der Waals surface area contributed by atoms with Crippen LogP contribution in [0.4, 0.5) is 10.1 Å². The number of ether oxygens (including phenoxy) is 1. The lowest BCUT2D eigenvalue weighted by molar-refractivity contribution is -0.385. The quantitative estimate of drug-likeness (QED) is 0.630. The Hall–Kier alpha value is -2.94. The van der Waals surface area contributed by atoms with Gasteiger partial charge in [0.1, 0.15) is 23.4 Å². The van der Waals surface area contributed by atoms with Crippen LogP contribution in [0.15, 0.2) is 36.4 Å². The normalized spacial score (nSPS) is 9.85. The Morgan fingerprint density at radius 2 is 2.05 bits per heavy atom. The SMILES string of the molecule is Cc1ccc(Oc2ccc(F)cc2C#N)cc1[N+](=O)[O-]. The Kier molecular flexibility index (Phi) is 3.62. The molecule has 0 bridgehead atoms. The summed E-state index contributed by atoms with van der Waals surface area (Å²) in [6.45, 7) is 1.61. The van der Waals surface area contributed by atoms with E-state index >= 15 is 0 Å². The van der Waals surface area contributed by atoms with E-state index in [0.29, 0.717) is 5.56 Å². The van der Waals surface area contributed by atoms with Crippen LogP contribution >= 0.6 is 0 Å². The van der Waals surface area contributed by atoms with Gasteiger partial charge in [0.25, 0.3) is 5.69 Å². The van der Waals surface area contributed by atoms with Crippen LogP contribution in [-0.2, 0) is 0 Å². The third-order valence-electron chi connectivity index (χ3n) is 2.67. The zero-order chi connectivity index (χ0) is 14.7. The summed E-state index contributed by atoms with van der Waals surface area (Å²) in [6.07, 6.45) is 0. The van der Waals surface area contributed by atoms with E-state index in [2.05, 4.69) is 0 Å². The highest BCUT2D eigenvalue weighted by Gasteiger charge is 2.13. The first-order chi connectivity index (χ1) is 9.51. The summed E-state index contributed by atoms with van der Waals surface area (Å²) in [7, 11) is 0. The van der Waals surface area contributed by atoms with Crippen LogP contribution in [0.5, 0.6) is 11.5 Å². The molecule has 100 valence electrons. The highest BCUT2D eigenvalue weighted by atomic mass is 19.1. The number of benzene rings is 2. The zero-order valence-corrected chi connectivity index (χ0v) is 10.5. The Labute approximate surface area is 114 Å². The van der Waals surface area contributed by atoms with Crippen LogP contribution in [0, 0.1) is 34.2 Å². The van der Waals surface area contributed by atoms with E-state index in [4.69, 9.17) is 10.00 Å². The molecule has 2 aromatic rings. The Morgan fingerprint density at radius 1 is 1.30 bits per heavy atom. The van der Waals surface area contributed by atoms with E-state index in [9.17, 15) is 14.5 Å². The molecule has 0 amide bonds. The molecule has 0 unspecified atom stereocenters. The Morgan fingerprint density at radius 3 is 2.70 bits per heavy atom. The van der Waals surface area contributed by atoms with Gasteiger partial charge in [0, 0.05) is 5.56 Å². The van der Waals surface area contributed by atoms with Gasteiger partial charge in [0.2, 0.25) is 0 Å². The van der Waals surface area contributed by atoms with Crippen LogP contribution in [0.3, 0.4) is 0 Å². The molecule has 0 N–H and O–H groups in total. The summed E-state index contributed by atoms with van der Waals surface area (Å²) in [6, 6.07) is 9.66. The van der Waals surface area contributed by atoms with Gasteiger partial charge in [0.05, 0.1) is 16.6 Å². The van der Waals surface area contributed by atoms with Gasteiger partial charge in [-0.25, -0.2) is 4.39 Å². The summed E-state index contributed by atoms with van der Waals surface area (Å²) in [4.78, 5) is 10.3. The maximum atomic E-state index is 13.0. The number of hydrogen-bond acceptors (Lipinski definition) is 4. The molecule has 0 aliphatic carbocycles. The molecule has 2 rings (SSSR count). The summed E-state index contributed by atoms with van der Waals surface area (Å²) >= 11 is 0. The first-order valence-electron chi connectivity index (χ1n) is 5.64. The van der Waals surface area contributed by atoms with Gasteiger partial charge in [-0.05, 0) is 37.3 Å². The summed E-state index contributed by atoms with van der Waals surface area (Å²) in [5, 5.41) is 19.7. The molecular formula is C14H9FN2O3. The molecule has 0 aromatic heterocycles. The van der Waals surface area contributed by atoms with Crippen molar-refractivity contribution in [3.05, 3.63) is 63.5 Å². The van der Waals surface area contributed by atoms with E-state index in [0.717, 1.165) is 12.1 Å². The van der Waals surface area contributed by atoms with Crippen molar-refractivity contribution in [1.29, 1.82) is 5.26 Å². The summed E-state index contributed by atoms with van der Waals surface area (Å²) in [5.74, 6) is -0.193. The van der Waals surface area contributed by atoms with E-state index < -0.39 is 10.7 Å². The Balaban J connectivity index is 2.38. The minimum atomic E-state index is -0.552. The lowest BCUT2D eigenvalue weighted by Gasteiger charge is -2.08. The molecule has 0 radical (unpaired) electrons. The summed E-state index contributed by atoms with van der Waals surface area (Å²) in [5.41, 5.74) is 0.443. The maximum absolute atomic E-state index is 13.0. The average molecular weight is 272 g/mol. The van der Waals surface area contributed by atoms with Crippen LogP contribution in [-0.4, -0.2) is 4.92 Å². The van der Waals surface area contributed by atoms with E-state index in [1.807, 2.05) is 0 Å². The molecule has 0 saturated heterocycles. The molecule has 0 heterocycles. The number of halogens is 1. The van der Waals surface area contributed by atoms with Crippen LogP contribution in [0.1, 0.15) is 11.1 Å². The number of nitro benzene ring substituents is 1. The standard InChI is InChI=1S/C14H9FN2O3/c1-9-2-4-12(7-13(9)17(18)19)20-14-5-3-11(15)6-10(14)8-16/h2-7H,1H3. The molecule has 2 aromatic carbocycles. The number of aryl methyl sites for hydroxylation is 1. The number of nitriles is 1. The van der Waals surface area contributed by atoms with Crippen LogP contribution in [0.25, 0.3) is 0 Å². The van der Waals surface area contributed by atoms with E-state index in [1.54, 1.807) is 25.1 Å². The van der Waals surface area contributed by atoms with Crippen molar-refractivity contribution in [1.82, 2.24) is 0 Å². The van der Waals surface area contributed by atoms with Gasteiger partial charge < -0.3 is 4.74 Å². The van der Waals surface area contributed by atoms with Gasteiger partial charge in [-0.1, -0.05) is 0 Å². The van der Waals surface area contributed by atoms with Crippen molar-refractivity contribution >= 4 is 5.69 Å². The first-order valence-corrected chi connectivity index (χ1v) is 5.64. The smallest absolute Gasteiger partial charge is 0.276 e. The third kappa shape index (κ3) is 2.72. The van der Waals surface area contributed by atoms with Crippen molar-refractivity contribution in [2.24, 2.45) is 0 Å². The first kappa shape index (κ1) is 13.5. The fourth-order valence-corrected chi connectivity index (χ4v) is 1.65. The topological polar surface area (TPSA) is 76.2 Å². The summed E-state index contributed by atoms with van der Waals surface area (Å²) < 4.78 is 18.4. The van der Waals surface area contributed by atoms with Crippen molar-refractivity contribution < 1.29 is 14.1 Å². The predicted molar refractivity (Wildman–Crippen MR) is 69.0 cm³/mol. The minimum absolute atomic E-state index is 0.0215. The molecule has 0 aliphatic rings. The van der Waals surface area contributed by atoms with Gasteiger partial charge in [-0.2, -0.15) is 5.26 Å². The highest BCUT2D eigenvalue weighted by Crippen LogP contribution is 2.29. The fraction of sp³-hybridized carbons (Fsp3) is 0.0714. The van der Waals surface area contributed by atoms with Crippen molar-refractivity contribution in [2.45, 2.75) is 6.92 Å². The second-order valence-corrected chi connectivity index (χ2v) is 4.06. The predicted octanol–water partition coefficient (Wildman–Crippen LogP) is 3.71. The second-order valence-electron chi connectivity index (χ2n) is 4.06. The number of nitro groups is 1. The third-order valence-corrected chi connectivity index (χ3v) is 2.67. The number of hydrogen-bond donors (Lipinski definition) is 0. The molecule has 0 aliphatic heterocycles. The number of rotatable bonds is 3. The van der Waals surface area contributed by atoms with Crippen molar-refractivity contribution in [2.75, 3.05) is 0 Å². The lowest BCUT2D eigenvalue weighted by Crippen LogP contribution is -1.94. The van der Waals surface area contributed by atoms with E-state index in [-0.39, 0.29) is 22.7 Å². The van der Waals surface area contributed by atoms with Gasteiger partial charge in [0.15, 0.2) is 0 Å². The van der Waals surface area contributed by atoms with Crippen LogP contribution in [0.2, 0.25) is 0 Å². The number of nitrogens with zero attached hydrogens (tertiary/aromatic N) is 2. The molecule has 5 nitrogen and oxygen atoms in total. The van der Waals surface area contributed by atoms with Crippen molar-refractivity contribution in [3.8, 4) is 17.6 Å². The van der Waals surface area contributed by atoms with E-state index in [1.165, 1.54) is 12.1 Å². The Bertz CT molecular complexity index is 723. The molecule has 0 saturated carbocycles. The maximum Gasteiger partial charge on any atom is 0.276 e. The minimum Gasteiger partial charge on any atom is -0.456 e. The van der Waals surface area contributed by atoms with Crippen molar-refractivity contribution in [3.63, 3.8) is 0 Å². The fourth-order valence-electron chi connectivity index (χ4n) is 1.65. The molecule has 0 fully saturated rings. The van der Waals surface area contributed by atoms with Gasteiger partial charge >= 0.3 is 0 Å². The zero-order valence-electron chi connectivity index (χ0n) is 10.5. The molecular weight excluding hydrogens is 263 g/mol. The molecule has 0 spiro atoms. The molecule has 0 atom stereocenters. The average Bonchev–Trinajstić information content (AvgIpc) is 2.42. The monoisotopic (exact) mass is 272 g/mol. The van der Waals surface area contributed by atoms with Gasteiger partial charge in [-0.15, -0.1) is 0 Å². The molecule has 6 heteroatoms. The largest absolute Gasteiger partial charge is 0.456 e. The lowest BCUT2D eigenvalue weighted by atomic mass is 10.2. The molecule has 20 heavy (non-hydrogen) atoms. The second kappa shape index (κ2) is 5.36. The highest BCUT2D eigenvalue weighted by molar-refractivity contribution is 5.49. The van der Waals surface area contributed by atoms with Gasteiger partial charge in [-0.3, -0.25) is 10.1 Å². The van der Waals surface area contributed by atoms with Crippen LogP contribution < -0.4 is 4.74 Å².